The molecule has 1 aliphatic rings. The Morgan fingerprint density at radius 3 is 2.62 bits per heavy atom. The maximum atomic E-state index is 12.0. The summed E-state index contributed by atoms with van der Waals surface area (Å²) in [5, 5.41) is 13.6. The summed E-state index contributed by atoms with van der Waals surface area (Å²) >= 11 is 5.89. The fraction of sp³-hybridized carbons (Fsp3) is 0.542. The minimum absolute atomic E-state index is 0.213. The molecule has 1 aliphatic carbocycles. The van der Waals surface area contributed by atoms with E-state index in [1.54, 1.807) is 6.20 Å². The normalized spacial score (nSPS) is 18.4. The van der Waals surface area contributed by atoms with Crippen LogP contribution in [0.4, 0.5) is 17.2 Å². The number of nitrogens with zero attached hydrogens (tertiary/aromatic N) is 3. The Morgan fingerprint density at radius 2 is 2.00 bits per heavy atom. The Kier molecular flexibility index (Phi) is 8.70. The van der Waals surface area contributed by atoms with Gasteiger partial charge in [0.25, 0.3) is 0 Å². The average Bonchev–Trinajstić information content (AvgIpc) is 2.75. The van der Waals surface area contributed by atoms with Crippen LogP contribution < -0.4 is 15.0 Å². The summed E-state index contributed by atoms with van der Waals surface area (Å²) in [7, 11) is 0. The second-order valence-electron chi connectivity index (χ2n) is 8.76. The number of ether oxygens (including phenoxy) is 1. The van der Waals surface area contributed by atoms with Crippen molar-refractivity contribution >= 4 is 34.8 Å². The summed E-state index contributed by atoms with van der Waals surface area (Å²) < 4.78 is 5.54. The van der Waals surface area contributed by atoms with Crippen molar-refractivity contribution in [3.05, 3.63) is 35.7 Å². The van der Waals surface area contributed by atoms with Crippen molar-refractivity contribution in [2.75, 3.05) is 16.8 Å². The van der Waals surface area contributed by atoms with Gasteiger partial charge in [-0.25, -0.2) is 9.97 Å². The summed E-state index contributed by atoms with van der Waals surface area (Å²) in [5.41, 5.74) is 1.79. The molecule has 174 valence electrons. The van der Waals surface area contributed by atoms with Gasteiger partial charge < -0.3 is 20.1 Å². The van der Waals surface area contributed by atoms with Gasteiger partial charge in [0.1, 0.15) is 16.7 Å². The number of halogens is 1. The van der Waals surface area contributed by atoms with E-state index < -0.39 is 0 Å². The third-order valence-corrected chi connectivity index (χ3v) is 5.71. The lowest BCUT2D eigenvalue weighted by Gasteiger charge is -2.39. The van der Waals surface area contributed by atoms with E-state index in [0.717, 1.165) is 50.0 Å². The van der Waals surface area contributed by atoms with Crippen LogP contribution in [0.15, 0.2) is 30.6 Å². The van der Waals surface area contributed by atoms with Crippen LogP contribution in [-0.4, -0.2) is 39.7 Å². The number of carbonyl (C=O) groups is 1. The molecule has 0 atom stereocenters. The van der Waals surface area contributed by atoms with E-state index >= 15 is 0 Å². The van der Waals surface area contributed by atoms with Crippen LogP contribution in [-0.2, 0) is 4.79 Å². The lowest BCUT2D eigenvalue weighted by Crippen LogP contribution is -2.41. The molecule has 1 fully saturated rings. The van der Waals surface area contributed by atoms with Crippen molar-refractivity contribution in [2.45, 2.75) is 71.4 Å². The number of aromatic nitrogens is 2. The molecule has 0 radical (unpaired) electrons. The van der Waals surface area contributed by atoms with Crippen LogP contribution in [0.5, 0.6) is 5.75 Å². The molecule has 1 aromatic carbocycles. The molecule has 1 saturated carbocycles. The maximum Gasteiger partial charge on any atom is 0.311 e. The number of anilines is 3. The summed E-state index contributed by atoms with van der Waals surface area (Å²) in [6.07, 6.45) is 7.43. The molecule has 3 rings (SSSR count). The topological polar surface area (TPSA) is 87.6 Å². The van der Waals surface area contributed by atoms with Crippen LogP contribution in [0.25, 0.3) is 0 Å². The summed E-state index contributed by atoms with van der Waals surface area (Å²) in [4.78, 5) is 22.9. The fourth-order valence-corrected chi connectivity index (χ4v) is 4.14. The number of rotatable bonds is 9. The predicted octanol–water partition coefficient (Wildman–Crippen LogP) is 5.35. The molecule has 2 N–H and O–H groups in total. The van der Waals surface area contributed by atoms with E-state index in [2.05, 4.69) is 34.0 Å². The molecule has 1 aromatic heterocycles. The van der Waals surface area contributed by atoms with E-state index in [4.69, 9.17) is 16.3 Å². The van der Waals surface area contributed by atoms with Crippen molar-refractivity contribution in [1.82, 2.24) is 9.97 Å². The van der Waals surface area contributed by atoms with Crippen LogP contribution in [0, 0.1) is 5.92 Å². The van der Waals surface area contributed by atoms with Crippen LogP contribution >= 0.6 is 11.6 Å². The lowest BCUT2D eigenvalue weighted by molar-refractivity contribution is -0.134. The number of aliphatic hydroxyl groups excluding tert-OH is 1. The van der Waals surface area contributed by atoms with E-state index in [9.17, 15) is 9.90 Å². The van der Waals surface area contributed by atoms with E-state index in [0.29, 0.717) is 35.1 Å². The third-order valence-electron chi connectivity index (χ3n) is 5.52. The Labute approximate surface area is 195 Å². The third kappa shape index (κ3) is 6.81. The second-order valence-corrected chi connectivity index (χ2v) is 9.15. The van der Waals surface area contributed by atoms with E-state index in [1.807, 2.05) is 25.1 Å². The van der Waals surface area contributed by atoms with Gasteiger partial charge in [0.2, 0.25) is 0 Å². The van der Waals surface area contributed by atoms with Crippen molar-refractivity contribution in [3.63, 3.8) is 0 Å². The SMILES string of the molecule is CCCC(=O)Oc1ccc(N(CC(C)C)C2CCC(O)CC2)c(Nc2cnc(Cl)cn2)c1. The molecule has 0 unspecified atom stereocenters. The van der Waals surface area contributed by atoms with Crippen molar-refractivity contribution in [1.29, 1.82) is 0 Å². The highest BCUT2D eigenvalue weighted by atomic mass is 35.5. The Hall–Kier alpha value is -2.38. The van der Waals surface area contributed by atoms with Crippen molar-refractivity contribution < 1.29 is 14.6 Å². The fourth-order valence-electron chi connectivity index (χ4n) is 4.04. The van der Waals surface area contributed by atoms with Crippen LogP contribution in [0.1, 0.15) is 59.3 Å². The van der Waals surface area contributed by atoms with Gasteiger partial charge >= 0.3 is 5.97 Å². The molecule has 1 heterocycles. The van der Waals surface area contributed by atoms with Gasteiger partial charge in [0.15, 0.2) is 0 Å². The molecular formula is C24H33ClN4O3. The Balaban J connectivity index is 1.96. The number of hydrogen-bond acceptors (Lipinski definition) is 7. The summed E-state index contributed by atoms with van der Waals surface area (Å²) in [5.74, 6) is 1.24. The first-order valence-electron chi connectivity index (χ1n) is 11.4. The number of carbonyl (C=O) groups excluding carboxylic acids is 1. The highest BCUT2D eigenvalue weighted by Crippen LogP contribution is 2.37. The average molecular weight is 461 g/mol. The first kappa shape index (κ1) is 24.3. The van der Waals surface area contributed by atoms with Crippen molar-refractivity contribution in [2.24, 2.45) is 5.92 Å². The molecule has 32 heavy (non-hydrogen) atoms. The van der Waals surface area contributed by atoms with Gasteiger partial charge in [0.05, 0.1) is 29.9 Å². The zero-order valence-corrected chi connectivity index (χ0v) is 19.8. The highest BCUT2D eigenvalue weighted by molar-refractivity contribution is 6.29. The van der Waals surface area contributed by atoms with Gasteiger partial charge in [-0.05, 0) is 50.2 Å². The lowest BCUT2D eigenvalue weighted by atomic mass is 9.91. The molecule has 2 aromatic rings. The zero-order chi connectivity index (χ0) is 23.1. The minimum atomic E-state index is -0.252. The zero-order valence-electron chi connectivity index (χ0n) is 19.1. The Morgan fingerprint density at radius 1 is 1.25 bits per heavy atom. The number of nitrogens with one attached hydrogen (secondary N) is 1. The predicted molar refractivity (Wildman–Crippen MR) is 128 cm³/mol. The summed E-state index contributed by atoms with van der Waals surface area (Å²) in [6.45, 7) is 7.21. The van der Waals surface area contributed by atoms with E-state index in [-0.39, 0.29) is 12.1 Å². The number of hydrogen-bond donors (Lipinski definition) is 2. The van der Waals surface area contributed by atoms with Gasteiger partial charge in [-0.15, -0.1) is 0 Å². The molecule has 0 amide bonds. The molecule has 0 aliphatic heterocycles. The first-order chi connectivity index (χ1) is 15.4. The molecule has 0 saturated heterocycles. The molecule has 7 nitrogen and oxygen atoms in total. The number of esters is 1. The van der Waals surface area contributed by atoms with Gasteiger partial charge in [-0.3, -0.25) is 4.79 Å². The van der Waals surface area contributed by atoms with Crippen LogP contribution in [0.3, 0.4) is 0 Å². The monoisotopic (exact) mass is 460 g/mol. The molecule has 0 spiro atoms. The first-order valence-corrected chi connectivity index (χ1v) is 11.8. The largest absolute Gasteiger partial charge is 0.426 e. The number of aliphatic hydroxyl groups is 1. The second kappa shape index (κ2) is 11.5. The van der Waals surface area contributed by atoms with Crippen molar-refractivity contribution in [3.8, 4) is 5.75 Å². The van der Waals surface area contributed by atoms with Gasteiger partial charge in [0, 0.05) is 25.1 Å². The summed E-state index contributed by atoms with van der Waals surface area (Å²) in [6, 6.07) is 6.00. The van der Waals surface area contributed by atoms with E-state index in [1.165, 1.54) is 6.20 Å². The quantitative estimate of drug-likeness (QED) is 0.385. The van der Waals surface area contributed by atoms with Gasteiger partial charge in [-0.1, -0.05) is 32.4 Å². The molecule has 8 heteroatoms. The number of benzene rings is 1. The maximum absolute atomic E-state index is 12.0. The molecule has 0 bridgehead atoms. The minimum Gasteiger partial charge on any atom is -0.426 e. The van der Waals surface area contributed by atoms with Crippen LogP contribution in [0.2, 0.25) is 5.15 Å². The molecular weight excluding hydrogens is 428 g/mol. The smallest absolute Gasteiger partial charge is 0.311 e. The van der Waals surface area contributed by atoms with Gasteiger partial charge in [-0.2, -0.15) is 0 Å². The Bertz CT molecular complexity index is 883. The standard InChI is InChI=1S/C24H33ClN4O3/c1-4-5-24(31)32-19-10-11-21(20(12-19)28-23-14-26-22(25)13-27-23)29(15-16(2)3)17-6-8-18(30)9-7-17/h10-14,16-18,30H,4-9,15H2,1-3H3,(H,27,28). The highest BCUT2D eigenvalue weighted by Gasteiger charge is 2.27.